The fourth-order valence-corrected chi connectivity index (χ4v) is 4.31. The number of anilines is 2. The summed E-state index contributed by atoms with van der Waals surface area (Å²) in [4.78, 5) is 25.8. The highest BCUT2D eigenvalue weighted by atomic mass is 16.5. The summed E-state index contributed by atoms with van der Waals surface area (Å²) in [5.41, 5.74) is 3.14. The summed E-state index contributed by atoms with van der Waals surface area (Å²) in [6, 6.07) is 4.83. The van der Waals surface area contributed by atoms with Crippen LogP contribution in [0.25, 0.3) is 0 Å². The zero-order valence-corrected chi connectivity index (χ0v) is 15.3. The van der Waals surface area contributed by atoms with Crippen molar-refractivity contribution in [1.29, 1.82) is 0 Å². The van der Waals surface area contributed by atoms with Gasteiger partial charge in [-0.25, -0.2) is 0 Å². The van der Waals surface area contributed by atoms with Crippen LogP contribution in [0.1, 0.15) is 31.2 Å². The quantitative estimate of drug-likeness (QED) is 0.701. The Hall–Kier alpha value is -2.28. The van der Waals surface area contributed by atoms with E-state index in [-0.39, 0.29) is 11.8 Å². The number of fused-ring (bicyclic) bond motifs is 2. The molecule has 3 saturated heterocycles. The van der Waals surface area contributed by atoms with Gasteiger partial charge in [0.25, 0.3) is 0 Å². The fraction of sp³-hybridized carbons (Fsp3) is 0.579. The molecule has 1 aromatic carbocycles. The van der Waals surface area contributed by atoms with Crippen molar-refractivity contribution in [2.24, 2.45) is 0 Å². The molecule has 26 heavy (non-hydrogen) atoms. The number of nitrogens with zero attached hydrogens (tertiary/aromatic N) is 1. The maximum absolute atomic E-state index is 12.0. The number of hydrogen-bond donors (Lipinski definition) is 3. The molecule has 3 atom stereocenters. The van der Waals surface area contributed by atoms with Crippen molar-refractivity contribution in [2.75, 3.05) is 30.4 Å². The minimum absolute atomic E-state index is 0.208. The van der Waals surface area contributed by atoms with Gasteiger partial charge in [0.15, 0.2) is 0 Å². The molecule has 3 heterocycles. The number of imide groups is 1. The molecule has 0 spiro atoms. The first-order valence-electron chi connectivity index (χ1n) is 9.33. The lowest BCUT2D eigenvalue weighted by Gasteiger charge is -2.36. The lowest BCUT2D eigenvalue weighted by Crippen LogP contribution is -2.51. The van der Waals surface area contributed by atoms with E-state index in [0.717, 1.165) is 30.1 Å². The van der Waals surface area contributed by atoms with Crippen molar-refractivity contribution in [2.45, 2.75) is 50.7 Å². The van der Waals surface area contributed by atoms with Crippen LogP contribution in [-0.4, -0.2) is 50.1 Å². The van der Waals surface area contributed by atoms with Gasteiger partial charge >= 0.3 is 0 Å². The van der Waals surface area contributed by atoms with Crippen LogP contribution >= 0.6 is 0 Å². The predicted molar refractivity (Wildman–Crippen MR) is 99.7 cm³/mol. The standard InChI is InChI=1S/C19H26N4O3/c1-11-7-15(21-14-5-6-18(24)22-19(14)25)17(26-2)8-16(11)23-9-12-3-4-13(10-23)20-12/h7-8,12-14,20-21H,3-6,9-10H2,1-2H3,(H,22,24,25). The first kappa shape index (κ1) is 17.1. The number of rotatable bonds is 4. The van der Waals surface area contributed by atoms with Crippen molar-refractivity contribution in [3.63, 3.8) is 0 Å². The molecule has 7 heteroatoms. The third-order valence-electron chi connectivity index (χ3n) is 5.64. The van der Waals surface area contributed by atoms with Gasteiger partial charge in [0.2, 0.25) is 11.8 Å². The van der Waals surface area contributed by atoms with Gasteiger partial charge in [-0.1, -0.05) is 0 Å². The van der Waals surface area contributed by atoms with E-state index in [0.29, 0.717) is 24.9 Å². The Labute approximate surface area is 153 Å². The zero-order valence-electron chi connectivity index (χ0n) is 15.3. The molecule has 7 nitrogen and oxygen atoms in total. The monoisotopic (exact) mass is 358 g/mol. The van der Waals surface area contributed by atoms with Crippen molar-refractivity contribution < 1.29 is 14.3 Å². The number of ether oxygens (including phenoxy) is 1. The summed E-state index contributed by atoms with van der Waals surface area (Å²) in [5, 5.41) is 9.29. The number of aryl methyl sites for hydroxylation is 1. The normalized spacial score (nSPS) is 28.1. The van der Waals surface area contributed by atoms with Crippen LogP contribution in [0.4, 0.5) is 11.4 Å². The highest BCUT2D eigenvalue weighted by Crippen LogP contribution is 2.36. The van der Waals surface area contributed by atoms with Crippen LogP contribution in [0.15, 0.2) is 12.1 Å². The third kappa shape index (κ3) is 3.23. The second kappa shape index (κ2) is 6.79. The van der Waals surface area contributed by atoms with Crippen LogP contribution in [0.3, 0.4) is 0 Å². The lowest BCUT2D eigenvalue weighted by atomic mass is 10.0. The number of nitrogens with one attached hydrogen (secondary N) is 3. The molecule has 0 aromatic heterocycles. The van der Waals surface area contributed by atoms with Gasteiger partial charge in [0, 0.05) is 43.3 Å². The lowest BCUT2D eigenvalue weighted by molar-refractivity contribution is -0.133. The van der Waals surface area contributed by atoms with Crippen LogP contribution in [0.5, 0.6) is 5.75 Å². The highest BCUT2D eigenvalue weighted by Gasteiger charge is 2.33. The first-order valence-corrected chi connectivity index (χ1v) is 9.33. The molecule has 3 unspecified atom stereocenters. The SMILES string of the molecule is COc1cc(N2CC3CCC(C2)N3)c(C)cc1NC1CCC(=O)NC1=O. The number of methoxy groups -OCH3 is 1. The minimum atomic E-state index is -0.415. The molecule has 0 aliphatic carbocycles. The van der Waals surface area contributed by atoms with Gasteiger partial charge in [-0.2, -0.15) is 0 Å². The van der Waals surface area contributed by atoms with Crippen molar-refractivity contribution >= 4 is 23.2 Å². The van der Waals surface area contributed by atoms with Gasteiger partial charge in [-0.3, -0.25) is 14.9 Å². The summed E-state index contributed by atoms with van der Waals surface area (Å²) < 4.78 is 5.60. The summed E-state index contributed by atoms with van der Waals surface area (Å²) >= 11 is 0. The van der Waals surface area contributed by atoms with E-state index in [1.807, 2.05) is 6.07 Å². The van der Waals surface area contributed by atoms with Gasteiger partial charge in [0.05, 0.1) is 12.8 Å². The summed E-state index contributed by atoms with van der Waals surface area (Å²) in [6.45, 7) is 4.12. The van der Waals surface area contributed by atoms with Gasteiger partial charge < -0.3 is 20.3 Å². The molecule has 3 aliphatic rings. The molecular formula is C19H26N4O3. The van der Waals surface area contributed by atoms with Crippen molar-refractivity contribution in [3.8, 4) is 5.75 Å². The molecule has 3 aliphatic heterocycles. The molecule has 3 fully saturated rings. The smallest absolute Gasteiger partial charge is 0.249 e. The van der Waals surface area contributed by atoms with E-state index in [2.05, 4.69) is 33.8 Å². The zero-order chi connectivity index (χ0) is 18.3. The Bertz CT molecular complexity index is 724. The number of carbonyl (C=O) groups is 2. The van der Waals surface area contributed by atoms with E-state index in [9.17, 15) is 9.59 Å². The van der Waals surface area contributed by atoms with Crippen molar-refractivity contribution in [3.05, 3.63) is 17.7 Å². The predicted octanol–water partition coefficient (Wildman–Crippen LogP) is 1.16. The van der Waals surface area contributed by atoms with Gasteiger partial charge in [0.1, 0.15) is 11.8 Å². The van der Waals surface area contributed by atoms with E-state index >= 15 is 0 Å². The molecule has 4 rings (SSSR count). The topological polar surface area (TPSA) is 82.7 Å². The summed E-state index contributed by atoms with van der Waals surface area (Å²) in [7, 11) is 1.64. The Morgan fingerprint density at radius 3 is 2.54 bits per heavy atom. The maximum atomic E-state index is 12.0. The number of piperidine rings is 1. The number of hydrogen-bond acceptors (Lipinski definition) is 6. The Kier molecular flexibility index (Phi) is 4.48. The van der Waals surface area contributed by atoms with Crippen molar-refractivity contribution in [1.82, 2.24) is 10.6 Å². The summed E-state index contributed by atoms with van der Waals surface area (Å²) in [6.07, 6.45) is 3.33. The molecule has 2 amide bonds. The minimum Gasteiger partial charge on any atom is -0.495 e. The average Bonchev–Trinajstić information content (AvgIpc) is 2.95. The second-order valence-electron chi connectivity index (χ2n) is 7.53. The Morgan fingerprint density at radius 2 is 1.88 bits per heavy atom. The molecule has 3 N–H and O–H groups in total. The Morgan fingerprint density at radius 1 is 1.15 bits per heavy atom. The second-order valence-corrected chi connectivity index (χ2v) is 7.53. The highest BCUT2D eigenvalue weighted by molar-refractivity contribution is 6.01. The van der Waals surface area contributed by atoms with Crippen LogP contribution in [0.2, 0.25) is 0 Å². The van der Waals surface area contributed by atoms with Crippen LogP contribution in [-0.2, 0) is 9.59 Å². The first-order chi connectivity index (χ1) is 12.5. The molecular weight excluding hydrogens is 332 g/mol. The van der Waals surface area contributed by atoms with Gasteiger partial charge in [-0.05, 0) is 37.8 Å². The molecule has 1 aromatic rings. The maximum Gasteiger partial charge on any atom is 0.249 e. The van der Waals surface area contributed by atoms with E-state index in [1.54, 1.807) is 7.11 Å². The number of amides is 2. The fourth-order valence-electron chi connectivity index (χ4n) is 4.31. The number of carbonyl (C=O) groups excluding carboxylic acids is 2. The molecule has 2 bridgehead atoms. The van der Waals surface area contributed by atoms with E-state index in [4.69, 9.17) is 4.74 Å². The van der Waals surface area contributed by atoms with Gasteiger partial charge in [-0.15, -0.1) is 0 Å². The van der Waals surface area contributed by atoms with E-state index < -0.39 is 6.04 Å². The number of benzene rings is 1. The van der Waals surface area contributed by atoms with E-state index in [1.165, 1.54) is 18.5 Å². The average molecular weight is 358 g/mol. The largest absolute Gasteiger partial charge is 0.495 e. The molecule has 0 radical (unpaired) electrons. The Balaban J connectivity index is 1.56. The third-order valence-corrected chi connectivity index (χ3v) is 5.64. The molecule has 140 valence electrons. The molecule has 0 saturated carbocycles. The van der Waals surface area contributed by atoms with Crippen LogP contribution in [0, 0.1) is 6.92 Å². The number of piperazine rings is 1. The summed E-state index contributed by atoms with van der Waals surface area (Å²) in [5.74, 6) is 0.241. The van der Waals surface area contributed by atoms with Crippen LogP contribution < -0.4 is 25.6 Å².